The number of aliphatic hydroxyl groups is 1. The van der Waals surface area contributed by atoms with Crippen molar-refractivity contribution in [3.8, 4) is 0 Å². The van der Waals surface area contributed by atoms with Gasteiger partial charge in [-0.05, 0) is 41.5 Å². The number of aromatic amines is 1. The predicted octanol–water partition coefficient (Wildman–Crippen LogP) is 5.93. The number of anilines is 2. The van der Waals surface area contributed by atoms with Gasteiger partial charge in [-0.3, -0.25) is 9.69 Å². The Hall–Kier alpha value is -4.22. The molecule has 41 heavy (non-hydrogen) atoms. The molecule has 212 valence electrons. The highest BCUT2D eigenvalue weighted by Gasteiger charge is 2.32. The average Bonchev–Trinajstić information content (AvgIpc) is 3.40. The number of carbonyl (C=O) groups is 1. The smallest absolute Gasteiger partial charge is 0.402 e. The standard InChI is InChI=1S/C30H28F3N5O2S/c1-19(41-18-21-7-5-6-20(14-21)17-39)38(23-8-3-2-4-9-23)28(40)24-16-37(13-12-25(24)34)29-35-26-11-10-22(30(31,32)33)15-27(26)36-29/h2-11,14-15,39H,1,12-13,16-18,34H2,(H,35,36). The lowest BCUT2D eigenvalue weighted by Gasteiger charge is -2.32. The molecule has 0 bridgehead atoms. The molecule has 1 aliphatic heterocycles. The Morgan fingerprint density at radius 3 is 2.59 bits per heavy atom. The Kier molecular flexibility index (Phi) is 8.09. The molecular formula is C30H28F3N5O2S. The Labute approximate surface area is 239 Å². The number of fused-ring (bicyclic) bond motifs is 1. The molecule has 0 saturated heterocycles. The summed E-state index contributed by atoms with van der Waals surface area (Å²) in [5, 5.41) is 9.95. The fraction of sp³-hybridized carbons (Fsp3) is 0.200. The van der Waals surface area contributed by atoms with Crippen LogP contribution in [0.15, 0.2) is 95.7 Å². The number of nitrogens with zero attached hydrogens (tertiary/aromatic N) is 3. The second-order valence-electron chi connectivity index (χ2n) is 9.60. The van der Waals surface area contributed by atoms with Crippen LogP contribution in [0.4, 0.5) is 24.8 Å². The SMILES string of the molecule is C=C(SCc1cccc(CO)c1)N(C(=O)C1=C(N)CCN(c2nc3ccc(C(F)(F)F)cc3[nH]2)C1)c1ccccc1. The van der Waals surface area contributed by atoms with Gasteiger partial charge in [0, 0.05) is 30.1 Å². The largest absolute Gasteiger partial charge is 0.416 e. The van der Waals surface area contributed by atoms with Crippen molar-refractivity contribution in [3.05, 3.63) is 112 Å². The van der Waals surface area contributed by atoms with Crippen LogP contribution in [0.5, 0.6) is 0 Å². The van der Waals surface area contributed by atoms with E-state index in [0.717, 1.165) is 23.3 Å². The van der Waals surface area contributed by atoms with Gasteiger partial charge >= 0.3 is 6.18 Å². The number of H-pyrrole nitrogens is 1. The van der Waals surface area contributed by atoms with Gasteiger partial charge in [0.05, 0.1) is 40.4 Å². The zero-order chi connectivity index (χ0) is 29.1. The van der Waals surface area contributed by atoms with E-state index in [0.29, 0.717) is 52.2 Å². The molecule has 0 spiro atoms. The van der Waals surface area contributed by atoms with Gasteiger partial charge in [-0.2, -0.15) is 13.2 Å². The Morgan fingerprint density at radius 2 is 1.85 bits per heavy atom. The summed E-state index contributed by atoms with van der Waals surface area (Å²) in [5.74, 6) is 0.555. The van der Waals surface area contributed by atoms with Gasteiger partial charge in [0.1, 0.15) is 0 Å². The molecular weight excluding hydrogens is 551 g/mol. The number of benzene rings is 3. The molecule has 0 atom stereocenters. The van der Waals surface area contributed by atoms with E-state index in [-0.39, 0.29) is 24.6 Å². The molecule has 0 radical (unpaired) electrons. The summed E-state index contributed by atoms with van der Waals surface area (Å²) in [6, 6.07) is 20.0. The minimum absolute atomic E-state index is 0.0628. The summed E-state index contributed by atoms with van der Waals surface area (Å²) in [4.78, 5) is 24.8. The van der Waals surface area contributed by atoms with Crippen LogP contribution in [-0.2, 0) is 23.3 Å². The van der Waals surface area contributed by atoms with Crippen LogP contribution in [-0.4, -0.2) is 34.1 Å². The third kappa shape index (κ3) is 6.26. The first-order valence-corrected chi connectivity index (χ1v) is 13.8. The number of aliphatic hydroxyl groups excluding tert-OH is 1. The van der Waals surface area contributed by atoms with E-state index in [1.54, 1.807) is 4.90 Å². The van der Waals surface area contributed by atoms with Crippen LogP contribution < -0.4 is 15.5 Å². The van der Waals surface area contributed by atoms with Crippen molar-refractivity contribution in [2.75, 3.05) is 22.9 Å². The van der Waals surface area contributed by atoms with Gasteiger partial charge in [-0.15, -0.1) is 11.8 Å². The molecule has 0 unspecified atom stereocenters. The first kappa shape index (κ1) is 28.3. The highest BCUT2D eigenvalue weighted by atomic mass is 32.2. The minimum Gasteiger partial charge on any atom is -0.402 e. The Bertz CT molecular complexity index is 1620. The number of halogens is 3. The number of thioether (sulfide) groups is 1. The van der Waals surface area contributed by atoms with E-state index >= 15 is 0 Å². The quantitative estimate of drug-likeness (QED) is 0.239. The van der Waals surface area contributed by atoms with Crippen LogP contribution in [0.2, 0.25) is 0 Å². The van der Waals surface area contributed by atoms with E-state index in [1.807, 2.05) is 54.6 Å². The number of amides is 1. The highest BCUT2D eigenvalue weighted by Crippen LogP contribution is 2.34. The fourth-order valence-corrected chi connectivity index (χ4v) is 5.45. The molecule has 0 aliphatic carbocycles. The van der Waals surface area contributed by atoms with Crippen LogP contribution in [0, 0.1) is 0 Å². The first-order valence-electron chi connectivity index (χ1n) is 12.8. The number of alkyl halides is 3. The first-order chi connectivity index (χ1) is 19.6. The molecule has 4 aromatic rings. The van der Waals surface area contributed by atoms with E-state index in [9.17, 15) is 23.1 Å². The normalized spacial score (nSPS) is 14.0. The third-order valence-corrected chi connectivity index (χ3v) is 7.78. The molecule has 3 aromatic carbocycles. The summed E-state index contributed by atoms with van der Waals surface area (Å²) in [6.07, 6.45) is -4.09. The zero-order valence-corrected chi connectivity index (χ0v) is 22.8. The van der Waals surface area contributed by atoms with Gasteiger partial charge in [0.25, 0.3) is 5.91 Å². The Morgan fingerprint density at radius 1 is 1.10 bits per heavy atom. The van der Waals surface area contributed by atoms with Crippen LogP contribution >= 0.6 is 11.8 Å². The number of imidazole rings is 1. The van der Waals surface area contributed by atoms with Crippen molar-refractivity contribution in [2.24, 2.45) is 5.73 Å². The summed E-state index contributed by atoms with van der Waals surface area (Å²) in [6.45, 7) is 4.70. The maximum atomic E-state index is 14.1. The maximum absolute atomic E-state index is 14.1. The van der Waals surface area contributed by atoms with E-state index in [1.165, 1.54) is 22.7 Å². The van der Waals surface area contributed by atoms with Gasteiger partial charge in [-0.1, -0.05) is 49.0 Å². The molecule has 1 aliphatic rings. The lowest BCUT2D eigenvalue weighted by atomic mass is 10.0. The molecule has 0 saturated carbocycles. The lowest BCUT2D eigenvalue weighted by Crippen LogP contribution is -2.41. The zero-order valence-electron chi connectivity index (χ0n) is 22.0. The topological polar surface area (TPSA) is 98.5 Å². The number of rotatable bonds is 8. The monoisotopic (exact) mass is 579 g/mol. The number of aromatic nitrogens is 2. The van der Waals surface area contributed by atoms with E-state index < -0.39 is 11.7 Å². The molecule has 11 heteroatoms. The summed E-state index contributed by atoms with van der Waals surface area (Å²) < 4.78 is 39.6. The van der Waals surface area contributed by atoms with Gasteiger partial charge < -0.3 is 20.7 Å². The second kappa shape index (κ2) is 11.7. The summed E-state index contributed by atoms with van der Waals surface area (Å²) in [5.41, 5.74) is 9.45. The average molecular weight is 580 g/mol. The molecule has 4 N–H and O–H groups in total. The molecule has 0 fully saturated rings. The predicted molar refractivity (Wildman–Crippen MR) is 156 cm³/mol. The van der Waals surface area contributed by atoms with Crippen molar-refractivity contribution in [2.45, 2.75) is 25.0 Å². The fourth-order valence-electron chi connectivity index (χ4n) is 4.62. The number of nitrogens with one attached hydrogen (secondary N) is 1. The van der Waals surface area contributed by atoms with Crippen molar-refractivity contribution in [3.63, 3.8) is 0 Å². The second-order valence-corrected chi connectivity index (χ2v) is 10.7. The van der Waals surface area contributed by atoms with Gasteiger partial charge in [-0.25, -0.2) is 4.98 Å². The van der Waals surface area contributed by atoms with E-state index in [2.05, 4.69) is 16.5 Å². The Balaban J connectivity index is 1.39. The van der Waals surface area contributed by atoms with Crippen molar-refractivity contribution < 1.29 is 23.1 Å². The molecule has 2 heterocycles. The van der Waals surface area contributed by atoms with Crippen LogP contribution in [0.3, 0.4) is 0 Å². The molecule has 5 rings (SSSR count). The third-order valence-electron chi connectivity index (χ3n) is 6.79. The number of nitrogens with two attached hydrogens (primary N) is 1. The minimum atomic E-state index is -4.47. The van der Waals surface area contributed by atoms with Crippen molar-refractivity contribution in [1.29, 1.82) is 0 Å². The van der Waals surface area contributed by atoms with Gasteiger partial charge in [0.2, 0.25) is 5.95 Å². The van der Waals surface area contributed by atoms with Crippen molar-refractivity contribution in [1.82, 2.24) is 9.97 Å². The highest BCUT2D eigenvalue weighted by molar-refractivity contribution is 8.02. The number of carbonyl (C=O) groups excluding carboxylic acids is 1. The molecule has 7 nitrogen and oxygen atoms in total. The van der Waals surface area contributed by atoms with E-state index in [4.69, 9.17) is 5.73 Å². The maximum Gasteiger partial charge on any atom is 0.416 e. The molecule has 1 aromatic heterocycles. The summed E-state index contributed by atoms with van der Waals surface area (Å²) >= 11 is 1.39. The lowest BCUT2D eigenvalue weighted by molar-refractivity contribution is -0.137. The summed E-state index contributed by atoms with van der Waals surface area (Å²) in [7, 11) is 0. The van der Waals surface area contributed by atoms with Crippen LogP contribution in [0.25, 0.3) is 11.0 Å². The van der Waals surface area contributed by atoms with Crippen LogP contribution in [0.1, 0.15) is 23.1 Å². The number of hydrogen-bond donors (Lipinski definition) is 3. The number of para-hydroxylation sites is 1. The van der Waals surface area contributed by atoms with Crippen molar-refractivity contribution >= 4 is 40.3 Å². The molecule has 1 amide bonds. The number of hydrogen-bond acceptors (Lipinski definition) is 6. The van der Waals surface area contributed by atoms with Gasteiger partial charge in [0.15, 0.2) is 0 Å².